The van der Waals surface area contributed by atoms with Crippen molar-refractivity contribution < 1.29 is 9.53 Å². The van der Waals surface area contributed by atoms with Crippen LogP contribution in [0.25, 0.3) is 0 Å². The standard InChI is InChI=1S/C19H35N3O2/c1-13-10-14(8-9-21(13)5)20-15-11-16-6-7-17(12-15)22(16)18(23)24-19(2,3)4/h13-17,20H,6-12H2,1-5H3/t13-,14+,15?,16-,17+/m0/s1. The van der Waals surface area contributed by atoms with Gasteiger partial charge < -0.3 is 19.9 Å². The zero-order chi connectivity index (χ0) is 17.5. The van der Waals surface area contributed by atoms with Gasteiger partial charge in [-0.05, 0) is 79.8 Å². The molecule has 3 saturated heterocycles. The molecule has 138 valence electrons. The number of likely N-dealkylation sites (tertiary alicyclic amines) is 1. The fourth-order valence-corrected chi connectivity index (χ4v) is 4.70. The Morgan fingerprint density at radius 2 is 1.67 bits per heavy atom. The van der Waals surface area contributed by atoms with Gasteiger partial charge in [0.05, 0.1) is 0 Å². The first-order valence-corrected chi connectivity index (χ1v) is 9.70. The smallest absolute Gasteiger partial charge is 0.410 e. The number of hydrogen-bond acceptors (Lipinski definition) is 4. The van der Waals surface area contributed by atoms with Gasteiger partial charge in [-0.3, -0.25) is 0 Å². The van der Waals surface area contributed by atoms with Crippen molar-refractivity contribution in [2.75, 3.05) is 13.6 Å². The molecule has 1 amide bonds. The Balaban J connectivity index is 1.54. The van der Waals surface area contributed by atoms with Crippen molar-refractivity contribution in [1.29, 1.82) is 0 Å². The van der Waals surface area contributed by atoms with Crippen molar-refractivity contribution in [3.8, 4) is 0 Å². The molecule has 24 heavy (non-hydrogen) atoms. The highest BCUT2D eigenvalue weighted by atomic mass is 16.6. The number of piperidine rings is 2. The zero-order valence-electron chi connectivity index (χ0n) is 16.0. The first-order chi connectivity index (χ1) is 11.2. The summed E-state index contributed by atoms with van der Waals surface area (Å²) < 4.78 is 5.63. The second-order valence-electron chi connectivity index (χ2n) is 9.16. The van der Waals surface area contributed by atoms with E-state index in [1.165, 1.54) is 19.4 Å². The minimum atomic E-state index is -0.407. The van der Waals surface area contributed by atoms with Gasteiger partial charge in [-0.1, -0.05) is 0 Å². The molecule has 0 aromatic rings. The zero-order valence-corrected chi connectivity index (χ0v) is 16.0. The molecule has 3 aliphatic heterocycles. The summed E-state index contributed by atoms with van der Waals surface area (Å²) in [7, 11) is 2.22. The third-order valence-electron chi connectivity index (χ3n) is 6.02. The number of carbonyl (C=O) groups is 1. The number of nitrogens with one attached hydrogen (secondary N) is 1. The molecule has 5 nitrogen and oxygen atoms in total. The largest absolute Gasteiger partial charge is 0.444 e. The van der Waals surface area contributed by atoms with E-state index in [0.29, 0.717) is 30.2 Å². The van der Waals surface area contributed by atoms with Crippen molar-refractivity contribution in [1.82, 2.24) is 15.1 Å². The highest BCUT2D eigenvalue weighted by molar-refractivity contribution is 5.69. The molecule has 0 aromatic heterocycles. The number of fused-ring (bicyclic) bond motifs is 2. The van der Waals surface area contributed by atoms with Crippen LogP contribution in [0.15, 0.2) is 0 Å². The van der Waals surface area contributed by atoms with Gasteiger partial charge in [-0.25, -0.2) is 4.79 Å². The van der Waals surface area contributed by atoms with E-state index >= 15 is 0 Å². The van der Waals surface area contributed by atoms with Gasteiger partial charge in [-0.15, -0.1) is 0 Å². The maximum absolute atomic E-state index is 12.5. The quantitative estimate of drug-likeness (QED) is 0.841. The highest BCUT2D eigenvalue weighted by Gasteiger charge is 2.45. The van der Waals surface area contributed by atoms with E-state index in [1.54, 1.807) is 0 Å². The van der Waals surface area contributed by atoms with Gasteiger partial charge in [0, 0.05) is 30.2 Å². The minimum Gasteiger partial charge on any atom is -0.444 e. The fourth-order valence-electron chi connectivity index (χ4n) is 4.70. The van der Waals surface area contributed by atoms with Gasteiger partial charge in [0.15, 0.2) is 0 Å². The van der Waals surface area contributed by atoms with E-state index in [9.17, 15) is 4.79 Å². The molecule has 0 radical (unpaired) electrons. The molecule has 0 aliphatic carbocycles. The fraction of sp³-hybridized carbons (Fsp3) is 0.947. The molecule has 3 aliphatic rings. The summed E-state index contributed by atoms with van der Waals surface area (Å²) in [5, 5.41) is 3.91. The highest BCUT2D eigenvalue weighted by Crippen LogP contribution is 2.37. The molecular weight excluding hydrogens is 302 g/mol. The monoisotopic (exact) mass is 337 g/mol. The summed E-state index contributed by atoms with van der Waals surface area (Å²) in [5.74, 6) is 0. The summed E-state index contributed by atoms with van der Waals surface area (Å²) in [6, 6.07) is 2.57. The molecule has 2 bridgehead atoms. The van der Waals surface area contributed by atoms with E-state index in [2.05, 4.69) is 24.2 Å². The maximum atomic E-state index is 12.5. The summed E-state index contributed by atoms with van der Waals surface area (Å²) in [6.07, 6.45) is 6.78. The third-order valence-corrected chi connectivity index (χ3v) is 6.02. The summed E-state index contributed by atoms with van der Waals surface area (Å²) in [4.78, 5) is 17.0. The molecule has 0 spiro atoms. The number of carbonyl (C=O) groups excluding carboxylic acids is 1. The van der Waals surface area contributed by atoms with Crippen LogP contribution in [0, 0.1) is 0 Å². The number of nitrogens with zero attached hydrogens (tertiary/aromatic N) is 2. The molecule has 0 aromatic carbocycles. The van der Waals surface area contributed by atoms with Crippen molar-refractivity contribution >= 4 is 6.09 Å². The number of rotatable bonds is 2. The van der Waals surface area contributed by atoms with Crippen LogP contribution in [0.2, 0.25) is 0 Å². The second kappa shape index (κ2) is 6.83. The van der Waals surface area contributed by atoms with Crippen molar-refractivity contribution in [3.05, 3.63) is 0 Å². The lowest BCUT2D eigenvalue weighted by molar-refractivity contribution is 0.00372. The number of amides is 1. The van der Waals surface area contributed by atoms with E-state index in [4.69, 9.17) is 4.74 Å². The average Bonchev–Trinajstić information content (AvgIpc) is 2.73. The Morgan fingerprint density at radius 3 is 2.21 bits per heavy atom. The van der Waals surface area contributed by atoms with Gasteiger partial charge >= 0.3 is 6.09 Å². The first kappa shape index (κ1) is 18.0. The molecule has 3 rings (SSSR count). The topological polar surface area (TPSA) is 44.8 Å². The summed E-state index contributed by atoms with van der Waals surface area (Å²) in [6.45, 7) is 9.35. The maximum Gasteiger partial charge on any atom is 0.410 e. The number of ether oxygens (including phenoxy) is 1. The van der Waals surface area contributed by atoms with Crippen LogP contribution in [0.4, 0.5) is 4.79 Å². The Hall–Kier alpha value is -0.810. The molecule has 5 atom stereocenters. The van der Waals surface area contributed by atoms with Crippen LogP contribution in [0.1, 0.15) is 66.2 Å². The van der Waals surface area contributed by atoms with E-state index in [-0.39, 0.29) is 6.09 Å². The molecular formula is C19H35N3O2. The van der Waals surface area contributed by atoms with Gasteiger partial charge in [0.1, 0.15) is 5.60 Å². The second-order valence-corrected chi connectivity index (χ2v) is 9.16. The molecule has 1 N–H and O–H groups in total. The van der Waals surface area contributed by atoms with E-state index in [0.717, 1.165) is 25.7 Å². The van der Waals surface area contributed by atoms with Crippen LogP contribution < -0.4 is 5.32 Å². The van der Waals surface area contributed by atoms with Gasteiger partial charge in [0.2, 0.25) is 0 Å². The van der Waals surface area contributed by atoms with Crippen LogP contribution in [0.3, 0.4) is 0 Å². The Kier molecular flexibility index (Phi) is 5.12. The van der Waals surface area contributed by atoms with Crippen LogP contribution in [-0.2, 0) is 4.74 Å². The van der Waals surface area contributed by atoms with Crippen LogP contribution in [0.5, 0.6) is 0 Å². The van der Waals surface area contributed by atoms with Crippen LogP contribution >= 0.6 is 0 Å². The third kappa shape index (κ3) is 4.05. The number of hydrogen-bond donors (Lipinski definition) is 1. The summed E-state index contributed by atoms with van der Waals surface area (Å²) >= 11 is 0. The predicted octanol–water partition coefficient (Wildman–Crippen LogP) is 2.99. The first-order valence-electron chi connectivity index (χ1n) is 9.70. The summed E-state index contributed by atoms with van der Waals surface area (Å²) in [5.41, 5.74) is -0.407. The Bertz CT molecular complexity index is 448. The predicted molar refractivity (Wildman–Crippen MR) is 96.2 cm³/mol. The molecule has 3 heterocycles. The lowest BCUT2D eigenvalue weighted by Gasteiger charge is -2.42. The van der Waals surface area contributed by atoms with Gasteiger partial charge in [0.25, 0.3) is 0 Å². The van der Waals surface area contributed by atoms with E-state index in [1.807, 2.05) is 25.7 Å². The molecule has 3 fully saturated rings. The molecule has 1 unspecified atom stereocenters. The normalized spacial score (nSPS) is 37.5. The van der Waals surface area contributed by atoms with Crippen molar-refractivity contribution in [2.45, 2.75) is 102 Å². The molecule has 5 heteroatoms. The lowest BCUT2D eigenvalue weighted by Crippen LogP contribution is -2.55. The lowest BCUT2D eigenvalue weighted by atomic mass is 9.93. The molecule has 0 saturated carbocycles. The van der Waals surface area contributed by atoms with Crippen molar-refractivity contribution in [2.24, 2.45) is 0 Å². The van der Waals surface area contributed by atoms with E-state index < -0.39 is 5.60 Å². The van der Waals surface area contributed by atoms with Gasteiger partial charge in [-0.2, -0.15) is 0 Å². The Morgan fingerprint density at radius 1 is 1.04 bits per heavy atom. The van der Waals surface area contributed by atoms with Crippen LogP contribution in [-0.4, -0.2) is 65.3 Å². The minimum absolute atomic E-state index is 0.110. The average molecular weight is 338 g/mol. The van der Waals surface area contributed by atoms with Crippen molar-refractivity contribution in [3.63, 3.8) is 0 Å². The SMILES string of the molecule is C[C@H]1C[C@H](NC2C[C@H]3CC[C@@H](C2)N3C(=O)OC(C)(C)C)CCN1C. The Labute approximate surface area is 147 Å².